The van der Waals surface area contributed by atoms with E-state index < -0.39 is 39.6 Å². The largest absolute Gasteiger partial charge is 0.424 e. The van der Waals surface area contributed by atoms with Crippen LogP contribution in [0.5, 0.6) is 5.75 Å². The average molecular weight is 625 g/mol. The van der Waals surface area contributed by atoms with Crippen LogP contribution in [-0.4, -0.2) is 33.8 Å². The Bertz CT molecular complexity index is 1840. The molecule has 10 nitrogen and oxygen atoms in total. The molecule has 2 aromatic heterocycles. The van der Waals surface area contributed by atoms with Gasteiger partial charge in [0.2, 0.25) is 0 Å². The van der Waals surface area contributed by atoms with E-state index in [0.29, 0.717) is 28.6 Å². The Labute approximate surface area is 234 Å². The van der Waals surface area contributed by atoms with Crippen LogP contribution in [0.1, 0.15) is 17.5 Å². The van der Waals surface area contributed by atoms with Crippen molar-refractivity contribution in [2.24, 2.45) is 0 Å². The van der Waals surface area contributed by atoms with Gasteiger partial charge in [0, 0.05) is 29.3 Å². The topological polar surface area (TPSA) is 155 Å². The number of sulfone groups is 1. The third-order valence-corrected chi connectivity index (χ3v) is 11.6. The summed E-state index contributed by atoms with van der Waals surface area (Å²) in [6.45, 7) is 0.564. The maximum atomic E-state index is 13.7. The average Bonchev–Trinajstić information content (AvgIpc) is 3.32. The molecular weight excluding hydrogens is 600 g/mol. The summed E-state index contributed by atoms with van der Waals surface area (Å²) in [4.78, 5) is 10.1. The van der Waals surface area contributed by atoms with E-state index in [2.05, 4.69) is 0 Å². The lowest BCUT2D eigenvalue weighted by atomic mass is 10.2. The van der Waals surface area contributed by atoms with Crippen molar-refractivity contribution >= 4 is 48.9 Å². The third-order valence-electron chi connectivity index (χ3n) is 5.63. The van der Waals surface area contributed by atoms with Crippen LogP contribution in [0.4, 0.5) is 4.39 Å². The third kappa shape index (κ3) is 7.94. The van der Waals surface area contributed by atoms with Gasteiger partial charge < -0.3 is 9.42 Å². The Kier molecular flexibility index (Phi) is 9.04. The molecule has 4 aromatic rings. The molecule has 15 heteroatoms. The molecule has 0 saturated heterocycles. The zero-order valence-electron chi connectivity index (χ0n) is 20.8. The van der Waals surface area contributed by atoms with E-state index >= 15 is 0 Å². The Morgan fingerprint density at radius 1 is 1.07 bits per heavy atom. The number of sulfonamides is 1. The maximum Gasteiger partial charge on any atom is 0.391 e. The molecule has 1 unspecified atom stereocenters. The van der Waals surface area contributed by atoms with Gasteiger partial charge in [-0.25, -0.2) is 30.4 Å². The summed E-state index contributed by atoms with van der Waals surface area (Å²) < 4.78 is 86.2. The van der Waals surface area contributed by atoms with Crippen LogP contribution in [0.2, 0.25) is 0 Å². The Morgan fingerprint density at radius 3 is 2.52 bits per heavy atom. The number of hydrogen-bond donors (Lipinski definition) is 2. The van der Waals surface area contributed by atoms with Crippen molar-refractivity contribution in [1.82, 2.24) is 4.72 Å². The van der Waals surface area contributed by atoms with Gasteiger partial charge >= 0.3 is 7.60 Å². The van der Waals surface area contributed by atoms with Crippen molar-refractivity contribution in [2.75, 3.05) is 12.0 Å². The molecule has 2 aromatic carbocycles. The van der Waals surface area contributed by atoms with Crippen LogP contribution < -0.4 is 13.8 Å². The van der Waals surface area contributed by atoms with Crippen molar-refractivity contribution < 1.29 is 39.8 Å². The van der Waals surface area contributed by atoms with Crippen LogP contribution >= 0.6 is 18.9 Å². The van der Waals surface area contributed by atoms with Crippen molar-refractivity contribution in [3.63, 3.8) is 0 Å². The molecule has 0 aliphatic rings. The zero-order valence-corrected chi connectivity index (χ0v) is 24.1. The maximum absolute atomic E-state index is 13.7. The molecule has 0 spiro atoms. The molecule has 0 bridgehead atoms. The molecule has 0 aliphatic heterocycles. The summed E-state index contributed by atoms with van der Waals surface area (Å²) in [6, 6.07) is 16.4. The summed E-state index contributed by atoms with van der Waals surface area (Å²) in [7, 11) is -12.2. The zero-order chi connectivity index (χ0) is 29.0. The number of rotatable bonds is 12. The molecular formula is C25H24FN3O7PS3+. The molecule has 2 heterocycles. The summed E-state index contributed by atoms with van der Waals surface area (Å²) in [5, 5.41) is 9.33. The van der Waals surface area contributed by atoms with E-state index in [4.69, 9.17) is 9.79 Å². The van der Waals surface area contributed by atoms with Crippen LogP contribution in [-0.2, 0) is 36.7 Å². The van der Waals surface area contributed by atoms with Crippen LogP contribution in [0.15, 0.2) is 77.3 Å². The number of halogens is 1. The Hall–Kier alpha value is -3.18. The molecule has 210 valence electrons. The molecule has 1 atom stereocenters. The number of benzene rings is 2. The lowest BCUT2D eigenvalue weighted by Gasteiger charge is -2.14. The monoisotopic (exact) mass is 624 g/mol. The van der Waals surface area contributed by atoms with E-state index in [1.54, 1.807) is 24.3 Å². The minimum Gasteiger partial charge on any atom is -0.424 e. The second-order valence-corrected chi connectivity index (χ2v) is 15.8. The minimum atomic E-state index is -4.57. The quantitative estimate of drug-likeness (QED) is 0.179. The van der Waals surface area contributed by atoms with Crippen LogP contribution in [0, 0.1) is 17.1 Å². The Balaban J connectivity index is 1.39. The number of fused-ring (bicyclic) bond motifs is 1. The first-order chi connectivity index (χ1) is 18.9. The number of thiophene rings is 1. The standard InChI is InChI=1S/C25H23FN3O7PS3/c26-23-15-22(8-7-21(23)16-27)36-37(30,31)18-28-40(34,35)25-14-20-6-5-19(13-24(20)38-25)17-39(32,33)12-4-11-29-9-2-1-3-10-29/h1-3,5-10,13-15,28H,4,11-12,17-18H2/p+1. The number of aryl methyl sites for hydroxylation is 1. The van der Waals surface area contributed by atoms with Crippen LogP contribution in [0.25, 0.3) is 10.1 Å². The number of pyridine rings is 1. The van der Waals surface area contributed by atoms with Gasteiger partial charge in [-0.2, -0.15) is 9.98 Å². The first-order valence-electron chi connectivity index (χ1n) is 11.7. The van der Waals surface area contributed by atoms with Gasteiger partial charge in [0.25, 0.3) is 10.0 Å². The van der Waals surface area contributed by atoms with Crippen molar-refractivity contribution in [1.29, 1.82) is 5.26 Å². The fraction of sp³-hybridized carbons (Fsp3) is 0.200. The number of nitriles is 1. The first-order valence-corrected chi connectivity index (χ1v) is 17.6. The van der Waals surface area contributed by atoms with E-state index in [-0.39, 0.29) is 27.0 Å². The number of nitrogens with one attached hydrogen (secondary N) is 1. The molecule has 0 saturated carbocycles. The van der Waals surface area contributed by atoms with Crippen LogP contribution in [0.3, 0.4) is 0 Å². The Morgan fingerprint density at radius 2 is 1.82 bits per heavy atom. The van der Waals surface area contributed by atoms with E-state index in [9.17, 15) is 30.7 Å². The summed E-state index contributed by atoms with van der Waals surface area (Å²) in [5.41, 5.74) is 0.232. The predicted molar refractivity (Wildman–Crippen MR) is 147 cm³/mol. The molecule has 4 rings (SSSR count). The number of aromatic nitrogens is 1. The van der Waals surface area contributed by atoms with Gasteiger partial charge in [-0.15, -0.1) is 11.3 Å². The van der Waals surface area contributed by atoms with E-state index in [1.807, 2.05) is 39.9 Å². The highest BCUT2D eigenvalue weighted by Crippen LogP contribution is 2.42. The van der Waals surface area contributed by atoms with Crippen molar-refractivity contribution in [3.8, 4) is 11.8 Å². The molecule has 2 N–H and O–H groups in total. The highest BCUT2D eigenvalue weighted by molar-refractivity contribution is 7.92. The minimum absolute atomic E-state index is 0.000677. The second kappa shape index (κ2) is 12.1. The summed E-state index contributed by atoms with van der Waals surface area (Å²) in [6.07, 6.45) is 3.18. The predicted octanol–water partition coefficient (Wildman–Crippen LogP) is 3.70. The highest BCUT2D eigenvalue weighted by Gasteiger charge is 2.27. The van der Waals surface area contributed by atoms with E-state index in [1.165, 1.54) is 6.07 Å². The van der Waals surface area contributed by atoms with E-state index in [0.717, 1.165) is 29.5 Å². The molecule has 0 radical (unpaired) electrons. The lowest BCUT2D eigenvalue weighted by molar-refractivity contribution is -0.696. The van der Waals surface area contributed by atoms with Gasteiger partial charge in [0.15, 0.2) is 22.2 Å². The van der Waals surface area contributed by atoms with Gasteiger partial charge in [0.1, 0.15) is 34.7 Å². The first kappa shape index (κ1) is 29.8. The SMILES string of the molecule is N#Cc1ccc(OP(=O)(O)CNS(=O)(=O)c2cc3ccc(CS(=O)(=O)CCC[n+]4ccccc4)cc3s2)cc1F. The second-order valence-electron chi connectivity index (χ2n) is 8.78. The van der Waals surface area contributed by atoms with Gasteiger partial charge in [-0.3, -0.25) is 0 Å². The molecule has 0 fully saturated rings. The molecule has 0 aliphatic carbocycles. The highest BCUT2D eigenvalue weighted by atomic mass is 32.2. The van der Waals surface area contributed by atoms with Crippen molar-refractivity contribution in [3.05, 3.63) is 90.0 Å². The lowest BCUT2D eigenvalue weighted by Crippen LogP contribution is -2.33. The fourth-order valence-electron chi connectivity index (χ4n) is 3.73. The number of hydrogen-bond acceptors (Lipinski definition) is 8. The van der Waals surface area contributed by atoms with Crippen molar-refractivity contribution in [2.45, 2.75) is 22.9 Å². The summed E-state index contributed by atoms with van der Waals surface area (Å²) >= 11 is 0.879. The van der Waals surface area contributed by atoms with Gasteiger partial charge in [0.05, 0.1) is 17.1 Å². The number of nitrogens with zero attached hydrogens (tertiary/aromatic N) is 2. The summed E-state index contributed by atoms with van der Waals surface area (Å²) in [5.74, 6) is -1.49. The molecule has 0 amide bonds. The smallest absolute Gasteiger partial charge is 0.391 e. The molecule has 40 heavy (non-hydrogen) atoms. The van der Waals surface area contributed by atoms with Gasteiger partial charge in [-0.1, -0.05) is 18.2 Å². The normalized spacial score (nSPS) is 13.5. The fourth-order valence-corrected chi connectivity index (χ4v) is 9.14. The van der Waals surface area contributed by atoms with Gasteiger partial charge in [-0.05, 0) is 35.2 Å².